The maximum Gasteiger partial charge on any atom is 0.270 e. The number of aromatic nitrogens is 2. The van der Waals surface area contributed by atoms with Gasteiger partial charge in [0.05, 0.1) is 5.69 Å². The van der Waals surface area contributed by atoms with E-state index in [4.69, 9.17) is 4.42 Å². The minimum atomic E-state index is -0.341. The van der Waals surface area contributed by atoms with Crippen LogP contribution < -0.4 is 5.32 Å². The fourth-order valence-corrected chi connectivity index (χ4v) is 2.48. The predicted octanol–water partition coefficient (Wildman–Crippen LogP) is 4.11. The summed E-state index contributed by atoms with van der Waals surface area (Å²) in [6.07, 6.45) is 1.90. The van der Waals surface area contributed by atoms with Crippen molar-refractivity contribution in [2.75, 3.05) is 6.54 Å². The van der Waals surface area contributed by atoms with E-state index in [0.717, 1.165) is 18.6 Å². The second kappa shape index (κ2) is 7.34. The van der Waals surface area contributed by atoms with Gasteiger partial charge in [-0.05, 0) is 49.7 Å². The summed E-state index contributed by atoms with van der Waals surface area (Å²) >= 11 is 0. The summed E-state index contributed by atoms with van der Waals surface area (Å²) in [6, 6.07) is 11.2. The average molecular weight is 341 g/mol. The molecule has 0 unspecified atom stereocenters. The van der Waals surface area contributed by atoms with Crippen molar-refractivity contribution >= 4 is 5.91 Å². The van der Waals surface area contributed by atoms with Crippen LogP contribution in [-0.4, -0.2) is 22.2 Å². The number of rotatable bonds is 6. The third-order valence-corrected chi connectivity index (χ3v) is 3.82. The first kappa shape index (κ1) is 17.0. The van der Waals surface area contributed by atoms with Crippen molar-refractivity contribution in [3.63, 3.8) is 0 Å². The third kappa shape index (κ3) is 3.79. The first-order valence-electron chi connectivity index (χ1n) is 8.29. The Kier molecular flexibility index (Phi) is 4.97. The van der Waals surface area contributed by atoms with Crippen LogP contribution in [0, 0.1) is 12.7 Å². The standard InChI is InChI=1S/C19H20FN3O2/c1-3-4-11-21-19(24)17-12-16(18-10-5-13(2)25-18)22-23(17)15-8-6-14(20)7-9-15/h5-10,12H,3-4,11H2,1-2H3,(H,21,24). The van der Waals surface area contributed by atoms with Gasteiger partial charge in [-0.25, -0.2) is 9.07 Å². The van der Waals surface area contributed by atoms with Crippen LogP contribution in [0.15, 0.2) is 46.9 Å². The van der Waals surface area contributed by atoms with Crippen molar-refractivity contribution < 1.29 is 13.6 Å². The number of unbranched alkanes of at least 4 members (excludes halogenated alkanes) is 1. The van der Waals surface area contributed by atoms with Crippen LogP contribution in [0.1, 0.15) is 36.0 Å². The smallest absolute Gasteiger partial charge is 0.270 e. The number of amides is 1. The molecule has 5 nitrogen and oxygen atoms in total. The molecule has 3 rings (SSSR count). The zero-order valence-corrected chi connectivity index (χ0v) is 14.3. The summed E-state index contributed by atoms with van der Waals surface area (Å²) < 4.78 is 20.3. The van der Waals surface area contributed by atoms with Gasteiger partial charge in [0.1, 0.15) is 23.0 Å². The molecule has 0 aliphatic rings. The van der Waals surface area contributed by atoms with Gasteiger partial charge in [-0.1, -0.05) is 13.3 Å². The van der Waals surface area contributed by atoms with E-state index in [1.807, 2.05) is 19.1 Å². The molecule has 3 aromatic rings. The van der Waals surface area contributed by atoms with Crippen LogP contribution in [0.2, 0.25) is 0 Å². The lowest BCUT2D eigenvalue weighted by molar-refractivity contribution is 0.0945. The van der Waals surface area contributed by atoms with E-state index in [1.54, 1.807) is 18.2 Å². The predicted molar refractivity (Wildman–Crippen MR) is 93.2 cm³/mol. The second-order valence-corrected chi connectivity index (χ2v) is 5.82. The van der Waals surface area contributed by atoms with E-state index in [-0.39, 0.29) is 11.7 Å². The summed E-state index contributed by atoms with van der Waals surface area (Å²) in [5.41, 5.74) is 1.54. The SMILES string of the molecule is CCCCNC(=O)c1cc(-c2ccc(C)o2)nn1-c1ccc(F)cc1. The molecular formula is C19H20FN3O2. The Labute approximate surface area is 145 Å². The van der Waals surface area contributed by atoms with Gasteiger partial charge in [0, 0.05) is 12.6 Å². The second-order valence-electron chi connectivity index (χ2n) is 5.82. The van der Waals surface area contributed by atoms with Crippen LogP contribution in [0.3, 0.4) is 0 Å². The summed E-state index contributed by atoms with van der Waals surface area (Å²) in [5, 5.41) is 7.37. The molecule has 0 aliphatic heterocycles. The van der Waals surface area contributed by atoms with Gasteiger partial charge in [0.2, 0.25) is 0 Å². The Hall–Kier alpha value is -2.89. The lowest BCUT2D eigenvalue weighted by Gasteiger charge is -2.08. The topological polar surface area (TPSA) is 60.1 Å². The third-order valence-electron chi connectivity index (χ3n) is 3.82. The van der Waals surface area contributed by atoms with Crippen LogP contribution in [-0.2, 0) is 0 Å². The fraction of sp³-hybridized carbons (Fsp3) is 0.263. The Bertz CT molecular complexity index is 865. The molecule has 0 radical (unpaired) electrons. The summed E-state index contributed by atoms with van der Waals surface area (Å²) in [5.74, 6) is 0.785. The molecule has 1 aromatic carbocycles. The highest BCUT2D eigenvalue weighted by molar-refractivity contribution is 5.94. The number of carbonyl (C=O) groups is 1. The van der Waals surface area contributed by atoms with E-state index < -0.39 is 0 Å². The summed E-state index contributed by atoms with van der Waals surface area (Å²) in [7, 11) is 0. The van der Waals surface area contributed by atoms with Crippen molar-refractivity contribution in [2.45, 2.75) is 26.7 Å². The number of hydrogen-bond acceptors (Lipinski definition) is 3. The van der Waals surface area contributed by atoms with E-state index in [1.165, 1.54) is 16.8 Å². The molecule has 2 aromatic heterocycles. The molecular weight excluding hydrogens is 321 g/mol. The van der Waals surface area contributed by atoms with Crippen molar-refractivity contribution in [3.05, 3.63) is 59.7 Å². The number of hydrogen-bond donors (Lipinski definition) is 1. The van der Waals surface area contributed by atoms with E-state index >= 15 is 0 Å². The number of nitrogens with zero attached hydrogens (tertiary/aromatic N) is 2. The number of carbonyl (C=O) groups excluding carboxylic acids is 1. The van der Waals surface area contributed by atoms with Crippen molar-refractivity contribution in [3.8, 4) is 17.1 Å². The van der Waals surface area contributed by atoms with Crippen LogP contribution in [0.25, 0.3) is 17.1 Å². The Balaban J connectivity index is 1.99. The molecule has 1 amide bonds. The minimum absolute atomic E-state index is 0.222. The molecule has 0 saturated heterocycles. The largest absolute Gasteiger partial charge is 0.460 e. The number of furan rings is 1. The number of aryl methyl sites for hydroxylation is 1. The molecule has 2 heterocycles. The summed E-state index contributed by atoms with van der Waals surface area (Å²) in [6.45, 7) is 4.50. The Morgan fingerprint density at radius 2 is 2.00 bits per heavy atom. The van der Waals surface area contributed by atoms with Gasteiger partial charge in [0.15, 0.2) is 5.76 Å². The molecule has 0 bridgehead atoms. The number of benzene rings is 1. The molecule has 1 N–H and O–H groups in total. The van der Waals surface area contributed by atoms with E-state index in [0.29, 0.717) is 29.4 Å². The van der Waals surface area contributed by atoms with Crippen molar-refractivity contribution in [1.82, 2.24) is 15.1 Å². The molecule has 25 heavy (non-hydrogen) atoms. The quantitative estimate of drug-likeness (QED) is 0.686. The average Bonchev–Trinajstić information content (AvgIpc) is 3.22. The van der Waals surface area contributed by atoms with E-state index in [9.17, 15) is 9.18 Å². The van der Waals surface area contributed by atoms with Gasteiger partial charge in [-0.3, -0.25) is 4.79 Å². The van der Waals surface area contributed by atoms with Gasteiger partial charge < -0.3 is 9.73 Å². The molecule has 0 aliphatic carbocycles. The lowest BCUT2D eigenvalue weighted by Crippen LogP contribution is -2.26. The summed E-state index contributed by atoms with van der Waals surface area (Å²) in [4.78, 5) is 12.6. The van der Waals surface area contributed by atoms with Gasteiger partial charge >= 0.3 is 0 Å². The van der Waals surface area contributed by atoms with Crippen molar-refractivity contribution in [2.24, 2.45) is 0 Å². The van der Waals surface area contributed by atoms with Crippen LogP contribution >= 0.6 is 0 Å². The zero-order chi connectivity index (χ0) is 17.8. The monoisotopic (exact) mass is 341 g/mol. The van der Waals surface area contributed by atoms with Gasteiger partial charge in [-0.15, -0.1) is 0 Å². The molecule has 0 atom stereocenters. The first-order valence-corrected chi connectivity index (χ1v) is 8.29. The molecule has 130 valence electrons. The minimum Gasteiger partial charge on any atom is -0.460 e. The molecule has 0 spiro atoms. The molecule has 0 fully saturated rings. The number of halogens is 1. The number of nitrogens with one attached hydrogen (secondary N) is 1. The normalized spacial score (nSPS) is 10.8. The zero-order valence-electron chi connectivity index (χ0n) is 14.3. The maximum absolute atomic E-state index is 13.2. The van der Waals surface area contributed by atoms with E-state index in [2.05, 4.69) is 17.3 Å². The van der Waals surface area contributed by atoms with Gasteiger partial charge in [-0.2, -0.15) is 5.10 Å². The lowest BCUT2D eigenvalue weighted by atomic mass is 10.2. The Morgan fingerprint density at radius 3 is 2.64 bits per heavy atom. The highest BCUT2D eigenvalue weighted by atomic mass is 19.1. The van der Waals surface area contributed by atoms with Crippen molar-refractivity contribution in [1.29, 1.82) is 0 Å². The van der Waals surface area contributed by atoms with Crippen LogP contribution in [0.5, 0.6) is 0 Å². The van der Waals surface area contributed by atoms with Crippen LogP contribution in [0.4, 0.5) is 4.39 Å². The molecule has 0 saturated carbocycles. The Morgan fingerprint density at radius 1 is 1.24 bits per heavy atom. The first-order chi connectivity index (χ1) is 12.1. The highest BCUT2D eigenvalue weighted by Gasteiger charge is 2.18. The van der Waals surface area contributed by atoms with Gasteiger partial charge in [0.25, 0.3) is 5.91 Å². The maximum atomic E-state index is 13.2. The fourth-order valence-electron chi connectivity index (χ4n) is 2.48. The highest BCUT2D eigenvalue weighted by Crippen LogP contribution is 2.24. The molecule has 6 heteroatoms.